The normalized spacial score (nSPS) is 34.8. The van der Waals surface area contributed by atoms with E-state index in [1.54, 1.807) is 0 Å². The van der Waals surface area contributed by atoms with Crippen molar-refractivity contribution >= 4 is 11.6 Å². The first-order valence-electron chi connectivity index (χ1n) is 7.88. The molecular formula is C18H20N2O. The van der Waals surface area contributed by atoms with E-state index in [9.17, 15) is 4.79 Å². The zero-order chi connectivity index (χ0) is 14.4. The fraction of sp³-hybridized carbons (Fsp3) is 0.500. The Bertz CT molecular complexity index is 626. The minimum absolute atomic E-state index is 0.213. The molecule has 3 N–H and O–H groups in total. The summed E-state index contributed by atoms with van der Waals surface area (Å²) in [5.74, 6) is 9.36. The molecule has 3 heteroatoms. The van der Waals surface area contributed by atoms with Gasteiger partial charge in [-0.25, -0.2) is 0 Å². The van der Waals surface area contributed by atoms with E-state index in [4.69, 9.17) is 5.73 Å². The van der Waals surface area contributed by atoms with E-state index in [1.165, 1.54) is 19.3 Å². The van der Waals surface area contributed by atoms with Gasteiger partial charge in [0.05, 0.1) is 6.54 Å². The van der Waals surface area contributed by atoms with Crippen molar-refractivity contribution in [2.75, 3.05) is 11.9 Å². The molecule has 1 aromatic rings. The largest absolute Gasteiger partial charge is 0.326 e. The van der Waals surface area contributed by atoms with Gasteiger partial charge in [0.25, 0.3) is 0 Å². The average molecular weight is 280 g/mol. The van der Waals surface area contributed by atoms with Crippen LogP contribution in [0, 0.1) is 41.4 Å². The van der Waals surface area contributed by atoms with Crippen LogP contribution < -0.4 is 11.1 Å². The van der Waals surface area contributed by atoms with Crippen LogP contribution in [0.2, 0.25) is 0 Å². The lowest BCUT2D eigenvalue weighted by atomic mass is 10.0. The van der Waals surface area contributed by atoms with Crippen LogP contribution in [0.25, 0.3) is 0 Å². The van der Waals surface area contributed by atoms with E-state index in [0.29, 0.717) is 18.4 Å². The SMILES string of the molecule is NCC#Cc1cccc(NC(=O)C2C3C4CCC(C4)C23)c1. The topological polar surface area (TPSA) is 55.1 Å². The van der Waals surface area contributed by atoms with Gasteiger partial charge in [0.1, 0.15) is 0 Å². The molecule has 0 radical (unpaired) electrons. The maximum absolute atomic E-state index is 12.5. The lowest BCUT2D eigenvalue weighted by Gasteiger charge is -2.09. The molecule has 4 rings (SSSR count). The molecule has 0 aromatic heterocycles. The number of carbonyl (C=O) groups is 1. The average Bonchev–Trinajstić information content (AvgIpc) is 2.94. The van der Waals surface area contributed by atoms with Crippen LogP contribution in [0.4, 0.5) is 5.69 Å². The van der Waals surface area contributed by atoms with Crippen LogP contribution in [0.15, 0.2) is 24.3 Å². The number of rotatable bonds is 2. The number of carbonyl (C=O) groups excluding carboxylic acids is 1. The van der Waals surface area contributed by atoms with E-state index in [2.05, 4.69) is 17.2 Å². The first-order valence-corrected chi connectivity index (χ1v) is 7.88. The number of amides is 1. The number of benzene rings is 1. The highest BCUT2D eigenvalue weighted by Crippen LogP contribution is 2.69. The molecule has 21 heavy (non-hydrogen) atoms. The van der Waals surface area contributed by atoms with Gasteiger partial charge in [-0.1, -0.05) is 17.9 Å². The molecule has 2 bridgehead atoms. The molecule has 3 aliphatic rings. The standard InChI is InChI=1S/C18H20N2O/c19-8-2-4-11-3-1-5-14(9-11)20-18(21)17-15-12-6-7-13(10-12)16(15)17/h1,3,5,9,12-13,15-17H,6-8,10,19H2,(H,20,21). The lowest BCUT2D eigenvalue weighted by Crippen LogP contribution is -2.18. The summed E-state index contributed by atoms with van der Waals surface area (Å²) in [5, 5.41) is 3.08. The van der Waals surface area contributed by atoms with Crippen LogP contribution in [0.3, 0.4) is 0 Å². The first-order chi connectivity index (χ1) is 10.3. The van der Waals surface area contributed by atoms with Crippen LogP contribution in [0.1, 0.15) is 24.8 Å². The third-order valence-electron chi connectivity index (χ3n) is 5.50. The Kier molecular flexibility index (Phi) is 3.01. The second kappa shape index (κ2) is 4.89. The Morgan fingerprint density at radius 2 is 2.05 bits per heavy atom. The predicted octanol–water partition coefficient (Wildman–Crippen LogP) is 2.23. The number of anilines is 1. The van der Waals surface area contributed by atoms with E-state index in [1.807, 2.05) is 24.3 Å². The molecule has 3 fully saturated rings. The quantitative estimate of drug-likeness (QED) is 0.816. The molecule has 3 nitrogen and oxygen atoms in total. The number of nitrogens with two attached hydrogens (primary N) is 1. The zero-order valence-electron chi connectivity index (χ0n) is 12.0. The summed E-state index contributed by atoms with van der Waals surface area (Å²) in [7, 11) is 0. The molecular weight excluding hydrogens is 260 g/mol. The van der Waals surface area contributed by atoms with Gasteiger partial charge < -0.3 is 11.1 Å². The number of hydrogen-bond acceptors (Lipinski definition) is 2. The van der Waals surface area contributed by atoms with Gasteiger partial charge in [-0.15, -0.1) is 0 Å². The summed E-state index contributed by atoms with van der Waals surface area (Å²) < 4.78 is 0. The van der Waals surface area contributed by atoms with Crippen LogP contribution in [-0.2, 0) is 4.79 Å². The van der Waals surface area contributed by atoms with Crippen LogP contribution in [0.5, 0.6) is 0 Å². The van der Waals surface area contributed by atoms with Gasteiger partial charge in [0, 0.05) is 17.2 Å². The molecule has 1 aromatic carbocycles. The smallest absolute Gasteiger partial charge is 0.228 e. The molecule has 3 saturated carbocycles. The molecule has 0 spiro atoms. The molecule has 0 heterocycles. The van der Waals surface area contributed by atoms with Crippen molar-refractivity contribution in [1.82, 2.24) is 0 Å². The minimum Gasteiger partial charge on any atom is -0.326 e. The highest BCUT2D eigenvalue weighted by molar-refractivity contribution is 5.95. The third-order valence-corrected chi connectivity index (χ3v) is 5.50. The Balaban J connectivity index is 1.44. The fourth-order valence-corrected chi connectivity index (χ4v) is 4.73. The fourth-order valence-electron chi connectivity index (χ4n) is 4.73. The van der Waals surface area contributed by atoms with Crippen molar-refractivity contribution in [2.24, 2.45) is 35.3 Å². The summed E-state index contributed by atoms with van der Waals surface area (Å²) in [6.45, 7) is 0.352. The van der Waals surface area contributed by atoms with Gasteiger partial charge in [-0.2, -0.15) is 0 Å². The second-order valence-electron chi connectivity index (χ2n) is 6.59. The van der Waals surface area contributed by atoms with Crippen molar-refractivity contribution in [3.63, 3.8) is 0 Å². The molecule has 3 aliphatic carbocycles. The van der Waals surface area contributed by atoms with E-state index in [0.717, 1.165) is 23.1 Å². The Hall–Kier alpha value is -1.79. The minimum atomic E-state index is 0.213. The Morgan fingerprint density at radius 3 is 2.76 bits per heavy atom. The molecule has 1 amide bonds. The third kappa shape index (κ3) is 2.15. The van der Waals surface area contributed by atoms with Crippen LogP contribution >= 0.6 is 0 Å². The van der Waals surface area contributed by atoms with Gasteiger partial charge in [-0.3, -0.25) is 4.79 Å². The van der Waals surface area contributed by atoms with Crippen molar-refractivity contribution < 1.29 is 4.79 Å². The Labute approximate surface area is 125 Å². The molecule has 0 aliphatic heterocycles. The molecule has 4 unspecified atom stereocenters. The molecule has 4 atom stereocenters. The summed E-state index contributed by atoms with van der Waals surface area (Å²) in [4.78, 5) is 12.5. The zero-order valence-corrected chi connectivity index (χ0v) is 12.0. The summed E-state index contributed by atoms with van der Waals surface area (Å²) in [6.07, 6.45) is 4.07. The lowest BCUT2D eigenvalue weighted by molar-refractivity contribution is -0.118. The monoisotopic (exact) mass is 280 g/mol. The van der Waals surface area contributed by atoms with Crippen LogP contribution in [-0.4, -0.2) is 12.5 Å². The predicted molar refractivity (Wildman–Crippen MR) is 82.3 cm³/mol. The summed E-state index contributed by atoms with van der Waals surface area (Å²) in [6, 6.07) is 7.71. The van der Waals surface area contributed by atoms with Crippen molar-refractivity contribution in [2.45, 2.75) is 19.3 Å². The van der Waals surface area contributed by atoms with Gasteiger partial charge >= 0.3 is 0 Å². The van der Waals surface area contributed by atoms with E-state index < -0.39 is 0 Å². The highest BCUT2D eigenvalue weighted by atomic mass is 16.2. The maximum atomic E-state index is 12.5. The Morgan fingerprint density at radius 1 is 1.29 bits per heavy atom. The number of hydrogen-bond donors (Lipinski definition) is 2. The maximum Gasteiger partial charge on any atom is 0.228 e. The highest BCUT2D eigenvalue weighted by Gasteiger charge is 2.67. The molecule has 0 saturated heterocycles. The van der Waals surface area contributed by atoms with E-state index in [-0.39, 0.29) is 11.8 Å². The van der Waals surface area contributed by atoms with Gasteiger partial charge in [-0.05, 0) is 61.1 Å². The number of nitrogens with one attached hydrogen (secondary N) is 1. The second-order valence-corrected chi connectivity index (χ2v) is 6.59. The van der Waals surface area contributed by atoms with Crippen molar-refractivity contribution in [1.29, 1.82) is 0 Å². The van der Waals surface area contributed by atoms with E-state index >= 15 is 0 Å². The first kappa shape index (κ1) is 12.9. The number of fused-ring (bicyclic) bond motifs is 5. The van der Waals surface area contributed by atoms with Gasteiger partial charge in [0.15, 0.2) is 0 Å². The summed E-state index contributed by atoms with van der Waals surface area (Å²) in [5.41, 5.74) is 7.13. The van der Waals surface area contributed by atoms with Crippen molar-refractivity contribution in [3.05, 3.63) is 29.8 Å². The molecule has 108 valence electrons. The summed E-state index contributed by atoms with van der Waals surface area (Å²) >= 11 is 0. The van der Waals surface area contributed by atoms with Gasteiger partial charge in [0.2, 0.25) is 5.91 Å². The van der Waals surface area contributed by atoms with Crippen molar-refractivity contribution in [3.8, 4) is 11.8 Å².